The summed E-state index contributed by atoms with van der Waals surface area (Å²) in [4.78, 5) is 26.4. The SMILES string of the molecule is COc1ccc(C(=O)OCC(=O)N(CC#N)c2ccccc2)cc1S(=O)(=O)N1CCCCC1C. The number of piperidine rings is 1. The van der Waals surface area contributed by atoms with Gasteiger partial charge in [0.25, 0.3) is 5.91 Å². The monoisotopic (exact) mass is 485 g/mol. The summed E-state index contributed by atoms with van der Waals surface area (Å²) in [6.45, 7) is 1.43. The lowest BCUT2D eigenvalue weighted by Gasteiger charge is -2.32. The summed E-state index contributed by atoms with van der Waals surface area (Å²) in [5.74, 6) is -1.32. The van der Waals surface area contributed by atoms with E-state index in [1.807, 2.05) is 13.0 Å². The van der Waals surface area contributed by atoms with Crippen LogP contribution in [0, 0.1) is 11.3 Å². The summed E-state index contributed by atoms with van der Waals surface area (Å²) in [6, 6.07) is 14.3. The average Bonchev–Trinajstić information content (AvgIpc) is 2.85. The molecule has 0 aromatic heterocycles. The lowest BCUT2D eigenvalue weighted by Crippen LogP contribution is -2.42. The number of hydrogen-bond acceptors (Lipinski definition) is 7. The van der Waals surface area contributed by atoms with Gasteiger partial charge in [-0.1, -0.05) is 24.6 Å². The largest absolute Gasteiger partial charge is 0.495 e. The molecule has 1 amide bonds. The van der Waals surface area contributed by atoms with Crippen LogP contribution in [-0.4, -0.2) is 57.4 Å². The lowest BCUT2D eigenvalue weighted by molar-refractivity contribution is -0.121. The molecule has 0 aliphatic carbocycles. The topological polar surface area (TPSA) is 117 Å². The van der Waals surface area contributed by atoms with Crippen molar-refractivity contribution in [2.75, 3.05) is 31.7 Å². The molecule has 1 heterocycles. The van der Waals surface area contributed by atoms with Crippen LogP contribution in [0.3, 0.4) is 0 Å². The van der Waals surface area contributed by atoms with Gasteiger partial charge in [-0.15, -0.1) is 0 Å². The second-order valence-corrected chi connectivity index (χ2v) is 9.73. The minimum Gasteiger partial charge on any atom is -0.495 e. The maximum absolute atomic E-state index is 13.3. The maximum Gasteiger partial charge on any atom is 0.338 e. The fourth-order valence-corrected chi connectivity index (χ4v) is 5.73. The van der Waals surface area contributed by atoms with Crippen LogP contribution in [0.5, 0.6) is 5.75 Å². The number of carbonyl (C=O) groups excluding carboxylic acids is 2. The van der Waals surface area contributed by atoms with Crippen LogP contribution in [0.2, 0.25) is 0 Å². The molecule has 2 aromatic carbocycles. The Kier molecular flexibility index (Phi) is 8.26. The van der Waals surface area contributed by atoms with Gasteiger partial charge in [-0.3, -0.25) is 9.69 Å². The van der Waals surface area contributed by atoms with E-state index in [0.717, 1.165) is 19.3 Å². The van der Waals surface area contributed by atoms with Crippen LogP contribution in [-0.2, 0) is 19.6 Å². The minimum atomic E-state index is -3.91. The molecule has 0 spiro atoms. The smallest absolute Gasteiger partial charge is 0.338 e. The first-order valence-electron chi connectivity index (χ1n) is 10.9. The zero-order valence-corrected chi connectivity index (χ0v) is 20.0. The van der Waals surface area contributed by atoms with Crippen molar-refractivity contribution in [1.82, 2.24) is 4.31 Å². The third-order valence-electron chi connectivity index (χ3n) is 5.65. The van der Waals surface area contributed by atoms with E-state index in [0.29, 0.717) is 12.2 Å². The summed E-state index contributed by atoms with van der Waals surface area (Å²) >= 11 is 0. The molecule has 1 atom stereocenters. The summed E-state index contributed by atoms with van der Waals surface area (Å²) in [5, 5.41) is 9.06. The van der Waals surface area contributed by atoms with Gasteiger partial charge in [-0.2, -0.15) is 9.57 Å². The summed E-state index contributed by atoms with van der Waals surface area (Å²) in [5.41, 5.74) is 0.474. The van der Waals surface area contributed by atoms with Crippen molar-refractivity contribution in [1.29, 1.82) is 5.26 Å². The highest BCUT2D eigenvalue weighted by atomic mass is 32.2. The van der Waals surface area contributed by atoms with Gasteiger partial charge in [0.15, 0.2) is 6.61 Å². The normalized spacial score (nSPS) is 16.3. The Labute approximate surface area is 199 Å². The van der Waals surface area contributed by atoms with Crippen LogP contribution in [0.25, 0.3) is 0 Å². The third kappa shape index (κ3) is 5.55. The molecule has 1 aliphatic heterocycles. The number of ether oxygens (including phenoxy) is 2. The number of carbonyl (C=O) groups is 2. The molecule has 0 N–H and O–H groups in total. The Hall–Kier alpha value is -3.42. The number of sulfonamides is 1. The number of hydrogen-bond donors (Lipinski definition) is 0. The van der Waals surface area contributed by atoms with E-state index in [1.165, 1.54) is 34.5 Å². The molecule has 2 aromatic rings. The Morgan fingerprint density at radius 1 is 1.18 bits per heavy atom. The van der Waals surface area contributed by atoms with Gasteiger partial charge in [-0.25, -0.2) is 13.2 Å². The van der Waals surface area contributed by atoms with E-state index in [9.17, 15) is 18.0 Å². The summed E-state index contributed by atoms with van der Waals surface area (Å²) in [7, 11) is -2.55. The van der Waals surface area contributed by atoms with Crippen molar-refractivity contribution in [2.45, 2.75) is 37.1 Å². The van der Waals surface area contributed by atoms with Crippen LogP contribution in [0.4, 0.5) is 5.69 Å². The van der Waals surface area contributed by atoms with Crippen LogP contribution in [0.15, 0.2) is 53.4 Å². The number of esters is 1. The number of nitrogens with zero attached hydrogens (tertiary/aromatic N) is 3. The van der Waals surface area contributed by atoms with E-state index < -0.39 is 28.5 Å². The van der Waals surface area contributed by atoms with Crippen LogP contribution >= 0.6 is 0 Å². The van der Waals surface area contributed by atoms with Gasteiger partial charge in [0.2, 0.25) is 10.0 Å². The number of amides is 1. The summed E-state index contributed by atoms with van der Waals surface area (Å²) in [6.07, 6.45) is 2.47. The molecule has 0 bridgehead atoms. The number of nitriles is 1. The quantitative estimate of drug-likeness (QED) is 0.417. The molecule has 180 valence electrons. The minimum absolute atomic E-state index is 0.0246. The van der Waals surface area contributed by atoms with E-state index in [4.69, 9.17) is 14.7 Å². The molecule has 34 heavy (non-hydrogen) atoms. The van der Waals surface area contributed by atoms with Crippen molar-refractivity contribution in [2.24, 2.45) is 0 Å². The average molecular weight is 486 g/mol. The standard InChI is InChI=1S/C24H27N3O6S/c1-18-8-6-7-14-27(18)34(30,31)22-16-19(11-12-21(22)32-2)24(29)33-17-23(28)26(15-13-25)20-9-4-3-5-10-20/h3-5,9-12,16,18H,6-8,14-15,17H2,1-2H3. The Morgan fingerprint density at radius 3 is 2.56 bits per heavy atom. The lowest BCUT2D eigenvalue weighted by atomic mass is 10.1. The van der Waals surface area contributed by atoms with Gasteiger partial charge >= 0.3 is 5.97 Å². The molecule has 0 saturated carbocycles. The number of benzene rings is 2. The molecule has 3 rings (SSSR count). The fourth-order valence-electron chi connectivity index (χ4n) is 3.85. The zero-order valence-electron chi connectivity index (χ0n) is 19.1. The highest BCUT2D eigenvalue weighted by Crippen LogP contribution is 2.32. The second kappa shape index (κ2) is 11.1. The first-order chi connectivity index (χ1) is 16.3. The molecule has 0 radical (unpaired) electrons. The van der Waals surface area contributed by atoms with Gasteiger partial charge < -0.3 is 9.47 Å². The first-order valence-corrected chi connectivity index (χ1v) is 12.3. The van der Waals surface area contributed by atoms with Crippen molar-refractivity contribution >= 4 is 27.6 Å². The Bertz CT molecular complexity index is 1180. The van der Waals surface area contributed by atoms with E-state index in [1.54, 1.807) is 30.3 Å². The predicted octanol–water partition coefficient (Wildman–Crippen LogP) is 2.97. The number of rotatable bonds is 8. The van der Waals surface area contributed by atoms with Crippen molar-refractivity contribution in [3.05, 3.63) is 54.1 Å². The number of para-hydroxylation sites is 1. The Balaban J connectivity index is 1.79. The molecule has 9 nitrogen and oxygen atoms in total. The van der Waals surface area contributed by atoms with Crippen LogP contribution in [0.1, 0.15) is 36.5 Å². The first kappa shape index (κ1) is 25.2. The molecular formula is C24H27N3O6S. The molecule has 1 aliphatic rings. The van der Waals surface area contributed by atoms with Gasteiger partial charge in [0.1, 0.15) is 17.2 Å². The van der Waals surface area contributed by atoms with E-state index in [-0.39, 0.29) is 28.8 Å². The van der Waals surface area contributed by atoms with Crippen molar-refractivity contribution in [3.8, 4) is 11.8 Å². The fraction of sp³-hybridized carbons (Fsp3) is 0.375. The molecular weight excluding hydrogens is 458 g/mol. The van der Waals surface area contributed by atoms with E-state index >= 15 is 0 Å². The number of methoxy groups -OCH3 is 1. The Morgan fingerprint density at radius 2 is 1.91 bits per heavy atom. The molecule has 10 heteroatoms. The maximum atomic E-state index is 13.3. The number of anilines is 1. The van der Waals surface area contributed by atoms with Gasteiger partial charge in [0, 0.05) is 18.3 Å². The second-order valence-electron chi connectivity index (χ2n) is 7.88. The summed E-state index contributed by atoms with van der Waals surface area (Å²) < 4.78 is 38.5. The zero-order chi connectivity index (χ0) is 24.7. The van der Waals surface area contributed by atoms with Crippen molar-refractivity contribution < 1.29 is 27.5 Å². The van der Waals surface area contributed by atoms with Crippen LogP contribution < -0.4 is 9.64 Å². The predicted molar refractivity (Wildman–Crippen MR) is 125 cm³/mol. The van der Waals surface area contributed by atoms with Crippen molar-refractivity contribution in [3.63, 3.8) is 0 Å². The van der Waals surface area contributed by atoms with Gasteiger partial charge in [-0.05, 0) is 50.1 Å². The highest BCUT2D eigenvalue weighted by molar-refractivity contribution is 7.89. The van der Waals surface area contributed by atoms with E-state index in [2.05, 4.69) is 0 Å². The molecule has 1 fully saturated rings. The third-order valence-corrected chi connectivity index (χ3v) is 7.69. The molecule has 1 saturated heterocycles. The van der Waals surface area contributed by atoms with Gasteiger partial charge in [0.05, 0.1) is 18.7 Å². The highest BCUT2D eigenvalue weighted by Gasteiger charge is 2.33. The molecule has 1 unspecified atom stereocenters.